The average molecular weight is 313 g/mol. The first-order valence-electron chi connectivity index (χ1n) is 8.88. The lowest BCUT2D eigenvalue weighted by Gasteiger charge is -2.34. The van der Waals surface area contributed by atoms with Gasteiger partial charge in [0.2, 0.25) is 0 Å². The highest BCUT2D eigenvalue weighted by Crippen LogP contribution is 2.22. The molecule has 0 saturated carbocycles. The van der Waals surface area contributed by atoms with Crippen molar-refractivity contribution >= 4 is 5.91 Å². The van der Waals surface area contributed by atoms with Crippen LogP contribution in [0.2, 0.25) is 0 Å². The summed E-state index contributed by atoms with van der Waals surface area (Å²) in [5.41, 5.74) is 2.27. The average Bonchev–Trinajstić information content (AvgIpc) is 2.63. The van der Waals surface area contributed by atoms with Gasteiger partial charge in [-0.3, -0.25) is 9.78 Å². The molecule has 1 atom stereocenters. The molecule has 4 nitrogen and oxygen atoms in total. The summed E-state index contributed by atoms with van der Waals surface area (Å²) >= 11 is 0. The Labute approximate surface area is 139 Å². The van der Waals surface area contributed by atoms with E-state index in [4.69, 9.17) is 0 Å². The molecule has 2 heterocycles. The zero-order valence-electron chi connectivity index (χ0n) is 14.0. The molecule has 23 heavy (non-hydrogen) atoms. The standard InChI is InChI=1S/C19H27N3O/c1-15(16-6-3-2-4-7-16)21-18-9-12-22(13-10-18)19(23)17-8-5-11-20-14-17/h5-6,8,11,14-15,18,21H,2-4,7,9-10,12-13H2,1H3. The van der Waals surface area contributed by atoms with Crippen LogP contribution in [0.25, 0.3) is 0 Å². The van der Waals surface area contributed by atoms with E-state index < -0.39 is 0 Å². The van der Waals surface area contributed by atoms with Crippen LogP contribution in [-0.4, -0.2) is 41.0 Å². The number of piperidine rings is 1. The lowest BCUT2D eigenvalue weighted by Crippen LogP contribution is -2.47. The van der Waals surface area contributed by atoms with Crippen molar-refractivity contribution in [3.8, 4) is 0 Å². The summed E-state index contributed by atoms with van der Waals surface area (Å²) < 4.78 is 0. The van der Waals surface area contributed by atoms with E-state index in [9.17, 15) is 4.79 Å². The molecule has 0 aromatic carbocycles. The van der Waals surface area contributed by atoms with Crippen LogP contribution >= 0.6 is 0 Å². The maximum atomic E-state index is 12.4. The topological polar surface area (TPSA) is 45.2 Å². The van der Waals surface area contributed by atoms with Crippen molar-refractivity contribution in [2.45, 2.75) is 57.5 Å². The molecule has 0 spiro atoms. The number of likely N-dealkylation sites (tertiary alicyclic amines) is 1. The van der Waals surface area contributed by atoms with Crippen LogP contribution in [0.3, 0.4) is 0 Å². The van der Waals surface area contributed by atoms with Gasteiger partial charge in [0.25, 0.3) is 5.91 Å². The van der Waals surface area contributed by atoms with E-state index in [0.717, 1.165) is 25.9 Å². The van der Waals surface area contributed by atoms with Gasteiger partial charge in [-0.2, -0.15) is 0 Å². The van der Waals surface area contributed by atoms with Crippen molar-refractivity contribution in [2.24, 2.45) is 0 Å². The van der Waals surface area contributed by atoms with Crippen molar-refractivity contribution in [1.82, 2.24) is 15.2 Å². The van der Waals surface area contributed by atoms with Gasteiger partial charge < -0.3 is 10.2 Å². The predicted molar refractivity (Wildman–Crippen MR) is 92.3 cm³/mol. The third-order valence-electron chi connectivity index (χ3n) is 5.06. The van der Waals surface area contributed by atoms with E-state index in [-0.39, 0.29) is 5.91 Å². The van der Waals surface area contributed by atoms with Gasteiger partial charge in [0.05, 0.1) is 5.56 Å². The highest BCUT2D eigenvalue weighted by molar-refractivity contribution is 5.93. The van der Waals surface area contributed by atoms with Gasteiger partial charge in [0, 0.05) is 37.6 Å². The molecule has 3 rings (SSSR count). The van der Waals surface area contributed by atoms with Gasteiger partial charge in [-0.25, -0.2) is 0 Å². The molecule has 1 saturated heterocycles. The Morgan fingerprint density at radius 2 is 2.17 bits per heavy atom. The number of allylic oxidation sites excluding steroid dienone is 1. The smallest absolute Gasteiger partial charge is 0.255 e. The number of hydrogen-bond donors (Lipinski definition) is 1. The van der Waals surface area contributed by atoms with Gasteiger partial charge in [-0.05, 0) is 57.6 Å². The van der Waals surface area contributed by atoms with E-state index in [1.165, 1.54) is 25.7 Å². The maximum absolute atomic E-state index is 12.4. The first-order chi connectivity index (χ1) is 11.2. The zero-order valence-corrected chi connectivity index (χ0v) is 14.0. The molecule has 124 valence electrons. The summed E-state index contributed by atoms with van der Waals surface area (Å²) in [6, 6.07) is 4.66. The number of amides is 1. The molecule has 2 aliphatic rings. The highest BCUT2D eigenvalue weighted by Gasteiger charge is 2.25. The monoisotopic (exact) mass is 313 g/mol. The number of rotatable bonds is 4. The molecule has 1 unspecified atom stereocenters. The lowest BCUT2D eigenvalue weighted by molar-refractivity contribution is 0.0703. The normalized spacial score (nSPS) is 20.9. The third kappa shape index (κ3) is 4.20. The SMILES string of the molecule is CC(NC1CCN(C(=O)c2cccnc2)CC1)C1=CCCCC1. The molecule has 1 aliphatic carbocycles. The Bertz CT molecular complexity index is 547. The van der Waals surface area contributed by atoms with Crippen molar-refractivity contribution in [3.05, 3.63) is 41.7 Å². The predicted octanol–water partition coefficient (Wildman–Crippen LogP) is 3.16. The number of nitrogens with one attached hydrogen (secondary N) is 1. The maximum Gasteiger partial charge on any atom is 0.255 e. The van der Waals surface area contributed by atoms with E-state index >= 15 is 0 Å². The molecule has 1 fully saturated rings. The Balaban J connectivity index is 1.48. The summed E-state index contributed by atoms with van der Waals surface area (Å²) in [7, 11) is 0. The fraction of sp³-hybridized carbons (Fsp3) is 0.579. The Morgan fingerprint density at radius 3 is 2.83 bits per heavy atom. The van der Waals surface area contributed by atoms with Gasteiger partial charge in [-0.15, -0.1) is 0 Å². The van der Waals surface area contributed by atoms with Gasteiger partial charge in [0.1, 0.15) is 0 Å². The fourth-order valence-corrected chi connectivity index (χ4v) is 3.64. The minimum atomic E-state index is 0.111. The Hall–Kier alpha value is -1.68. The number of carbonyl (C=O) groups excluding carboxylic acids is 1. The second kappa shape index (κ2) is 7.73. The molecule has 1 aliphatic heterocycles. The largest absolute Gasteiger partial charge is 0.338 e. The lowest BCUT2D eigenvalue weighted by atomic mass is 9.93. The van der Waals surface area contributed by atoms with Gasteiger partial charge >= 0.3 is 0 Å². The first-order valence-corrected chi connectivity index (χ1v) is 8.88. The van der Waals surface area contributed by atoms with Crippen molar-refractivity contribution < 1.29 is 4.79 Å². The third-order valence-corrected chi connectivity index (χ3v) is 5.06. The Kier molecular flexibility index (Phi) is 5.44. The molecule has 1 aromatic rings. The number of carbonyl (C=O) groups is 1. The summed E-state index contributed by atoms with van der Waals surface area (Å²) in [6.07, 6.45) is 13.0. The van der Waals surface area contributed by atoms with E-state index in [1.54, 1.807) is 18.0 Å². The number of hydrogen-bond acceptors (Lipinski definition) is 3. The van der Waals surface area contributed by atoms with Crippen molar-refractivity contribution in [1.29, 1.82) is 0 Å². The molecule has 0 radical (unpaired) electrons. The quantitative estimate of drug-likeness (QED) is 0.869. The molecule has 4 heteroatoms. The second-order valence-electron chi connectivity index (χ2n) is 6.72. The van der Waals surface area contributed by atoms with Crippen LogP contribution in [0.5, 0.6) is 0 Å². The summed E-state index contributed by atoms with van der Waals surface area (Å²) in [5, 5.41) is 3.77. The van der Waals surface area contributed by atoms with E-state index in [0.29, 0.717) is 17.6 Å². The first kappa shape index (κ1) is 16.2. The number of pyridine rings is 1. The van der Waals surface area contributed by atoms with Crippen LogP contribution in [0.4, 0.5) is 0 Å². The van der Waals surface area contributed by atoms with Gasteiger partial charge in [-0.1, -0.05) is 11.6 Å². The number of nitrogens with zero attached hydrogens (tertiary/aromatic N) is 2. The molecule has 1 aromatic heterocycles. The molecular weight excluding hydrogens is 286 g/mol. The summed E-state index contributed by atoms with van der Waals surface area (Å²) in [6.45, 7) is 3.94. The molecular formula is C19H27N3O. The van der Waals surface area contributed by atoms with Crippen LogP contribution < -0.4 is 5.32 Å². The van der Waals surface area contributed by atoms with Crippen molar-refractivity contribution in [3.63, 3.8) is 0 Å². The van der Waals surface area contributed by atoms with Crippen LogP contribution in [0.1, 0.15) is 55.8 Å². The van der Waals surface area contributed by atoms with E-state index in [2.05, 4.69) is 23.3 Å². The minimum absolute atomic E-state index is 0.111. The van der Waals surface area contributed by atoms with Crippen LogP contribution in [0, 0.1) is 0 Å². The summed E-state index contributed by atoms with van der Waals surface area (Å²) in [4.78, 5) is 18.4. The zero-order chi connectivity index (χ0) is 16.1. The number of aromatic nitrogens is 1. The highest BCUT2D eigenvalue weighted by atomic mass is 16.2. The fourth-order valence-electron chi connectivity index (χ4n) is 3.64. The molecule has 1 amide bonds. The van der Waals surface area contributed by atoms with Crippen molar-refractivity contribution in [2.75, 3.05) is 13.1 Å². The van der Waals surface area contributed by atoms with Gasteiger partial charge in [0.15, 0.2) is 0 Å². The van der Waals surface area contributed by atoms with Crippen LogP contribution in [-0.2, 0) is 0 Å². The molecule has 0 bridgehead atoms. The minimum Gasteiger partial charge on any atom is -0.338 e. The van der Waals surface area contributed by atoms with Crippen LogP contribution in [0.15, 0.2) is 36.2 Å². The van der Waals surface area contributed by atoms with E-state index in [1.807, 2.05) is 17.0 Å². The molecule has 1 N–H and O–H groups in total. The second-order valence-corrected chi connectivity index (χ2v) is 6.72. The Morgan fingerprint density at radius 1 is 1.35 bits per heavy atom. The summed E-state index contributed by atoms with van der Waals surface area (Å²) in [5.74, 6) is 0.111.